The highest BCUT2D eigenvalue weighted by molar-refractivity contribution is 6.33. The fraction of sp³-hybridized carbons (Fsp3) is 0.0909. The third-order valence-electron chi connectivity index (χ3n) is 4.51. The Bertz CT molecular complexity index is 1220. The molecular formula is C22H20ClN7O. The van der Waals surface area contributed by atoms with Crippen molar-refractivity contribution < 1.29 is 4.79 Å². The van der Waals surface area contributed by atoms with Gasteiger partial charge in [-0.15, -0.1) is 0 Å². The van der Waals surface area contributed by atoms with Gasteiger partial charge >= 0.3 is 6.03 Å². The van der Waals surface area contributed by atoms with Crippen LogP contribution in [0.5, 0.6) is 0 Å². The molecule has 0 unspecified atom stereocenters. The monoisotopic (exact) mass is 433 g/mol. The molecule has 9 heteroatoms. The number of hydrogen-bond donors (Lipinski definition) is 3. The van der Waals surface area contributed by atoms with Gasteiger partial charge in [0.25, 0.3) is 0 Å². The van der Waals surface area contributed by atoms with Crippen molar-refractivity contribution in [3.05, 3.63) is 83.7 Å². The molecule has 31 heavy (non-hydrogen) atoms. The van der Waals surface area contributed by atoms with Crippen LogP contribution in [0.3, 0.4) is 0 Å². The van der Waals surface area contributed by atoms with Crippen LogP contribution in [0.1, 0.15) is 11.4 Å². The van der Waals surface area contributed by atoms with Crippen molar-refractivity contribution in [3.8, 4) is 5.82 Å². The highest BCUT2D eigenvalue weighted by Gasteiger charge is 2.07. The number of carbonyl (C=O) groups excluding carboxylic acids is 1. The zero-order chi connectivity index (χ0) is 21.8. The summed E-state index contributed by atoms with van der Waals surface area (Å²) < 4.78 is 1.87. The Morgan fingerprint density at radius 3 is 2.42 bits per heavy atom. The Balaban J connectivity index is 1.39. The summed E-state index contributed by atoms with van der Waals surface area (Å²) >= 11 is 6.16. The number of hydrogen-bond acceptors (Lipinski definition) is 5. The second-order valence-electron chi connectivity index (χ2n) is 6.87. The predicted molar refractivity (Wildman–Crippen MR) is 122 cm³/mol. The van der Waals surface area contributed by atoms with Crippen LogP contribution < -0.4 is 16.0 Å². The topological polar surface area (TPSA) is 96.8 Å². The van der Waals surface area contributed by atoms with Crippen molar-refractivity contribution in [1.29, 1.82) is 0 Å². The summed E-state index contributed by atoms with van der Waals surface area (Å²) in [5.41, 5.74) is 3.04. The number of halogens is 1. The van der Waals surface area contributed by atoms with Gasteiger partial charge in [0, 0.05) is 29.8 Å². The van der Waals surface area contributed by atoms with E-state index in [0.717, 1.165) is 22.9 Å². The fourth-order valence-electron chi connectivity index (χ4n) is 2.96. The molecule has 0 saturated carbocycles. The van der Waals surface area contributed by atoms with Gasteiger partial charge in [-0.2, -0.15) is 0 Å². The number of urea groups is 1. The van der Waals surface area contributed by atoms with E-state index >= 15 is 0 Å². The first-order chi connectivity index (χ1) is 15.0. The average Bonchev–Trinajstić information content (AvgIpc) is 3.18. The molecule has 0 aliphatic carbocycles. The van der Waals surface area contributed by atoms with Crippen LogP contribution in [0.4, 0.5) is 27.7 Å². The number of carbonyl (C=O) groups is 1. The molecule has 2 aromatic heterocycles. The number of anilines is 4. The van der Waals surface area contributed by atoms with E-state index in [1.807, 2.05) is 48.9 Å². The lowest BCUT2D eigenvalue weighted by atomic mass is 10.2. The highest BCUT2D eigenvalue weighted by Crippen LogP contribution is 2.23. The molecule has 0 fully saturated rings. The van der Waals surface area contributed by atoms with E-state index in [-0.39, 0.29) is 6.03 Å². The van der Waals surface area contributed by atoms with Crippen LogP contribution >= 0.6 is 11.6 Å². The highest BCUT2D eigenvalue weighted by atomic mass is 35.5. The number of aryl methyl sites for hydroxylation is 2. The predicted octanol–water partition coefficient (Wildman–Crippen LogP) is 5.32. The minimum absolute atomic E-state index is 0.373. The first-order valence-electron chi connectivity index (χ1n) is 9.51. The van der Waals surface area contributed by atoms with E-state index in [2.05, 4.69) is 30.9 Å². The van der Waals surface area contributed by atoms with Crippen molar-refractivity contribution >= 4 is 40.5 Å². The van der Waals surface area contributed by atoms with Gasteiger partial charge in [0.15, 0.2) is 0 Å². The summed E-state index contributed by atoms with van der Waals surface area (Å²) in [6.45, 7) is 3.84. The van der Waals surface area contributed by atoms with E-state index in [4.69, 9.17) is 11.6 Å². The van der Waals surface area contributed by atoms with E-state index in [9.17, 15) is 4.79 Å². The van der Waals surface area contributed by atoms with Gasteiger partial charge in [0.1, 0.15) is 23.8 Å². The molecule has 4 rings (SSSR count). The molecule has 2 amide bonds. The molecule has 0 atom stereocenters. The van der Waals surface area contributed by atoms with Gasteiger partial charge in [-0.1, -0.05) is 17.7 Å². The zero-order valence-electron chi connectivity index (χ0n) is 16.9. The third kappa shape index (κ3) is 4.99. The third-order valence-corrected chi connectivity index (χ3v) is 4.83. The van der Waals surface area contributed by atoms with Crippen molar-refractivity contribution in [3.63, 3.8) is 0 Å². The second-order valence-corrected chi connectivity index (χ2v) is 7.28. The molecule has 0 aliphatic heterocycles. The molecule has 0 saturated heterocycles. The summed E-state index contributed by atoms with van der Waals surface area (Å²) in [5.74, 6) is 2.20. The Morgan fingerprint density at radius 1 is 0.935 bits per heavy atom. The Morgan fingerprint density at radius 2 is 1.71 bits per heavy atom. The Labute approximate surface area is 184 Å². The van der Waals surface area contributed by atoms with Crippen molar-refractivity contribution in [2.24, 2.45) is 0 Å². The Hall–Kier alpha value is -3.91. The fourth-order valence-corrected chi connectivity index (χ4v) is 3.24. The minimum Gasteiger partial charge on any atom is -0.340 e. The van der Waals surface area contributed by atoms with E-state index < -0.39 is 0 Å². The molecular weight excluding hydrogens is 414 g/mol. The number of nitrogens with one attached hydrogen (secondary N) is 3. The molecule has 4 aromatic rings. The van der Waals surface area contributed by atoms with Crippen LogP contribution in [0, 0.1) is 13.8 Å². The average molecular weight is 434 g/mol. The number of aromatic nitrogens is 4. The second kappa shape index (κ2) is 8.85. The molecule has 0 spiro atoms. The molecule has 2 aromatic carbocycles. The van der Waals surface area contributed by atoms with Gasteiger partial charge in [0.05, 0.1) is 10.7 Å². The lowest BCUT2D eigenvalue weighted by molar-refractivity contribution is 0.262. The van der Waals surface area contributed by atoms with Gasteiger partial charge in [0.2, 0.25) is 0 Å². The first-order valence-corrected chi connectivity index (χ1v) is 9.89. The SMILES string of the molecule is Cc1ccc(NC(=O)Nc2ccc(Nc3cc(-n4ccnc4C)ncn3)cc2)c(Cl)c1. The molecule has 2 heterocycles. The molecule has 0 radical (unpaired) electrons. The first kappa shape index (κ1) is 20.4. The number of nitrogens with zero attached hydrogens (tertiary/aromatic N) is 4. The molecule has 3 N–H and O–H groups in total. The number of rotatable bonds is 5. The summed E-state index contributed by atoms with van der Waals surface area (Å²) in [6, 6.07) is 14.2. The van der Waals surface area contributed by atoms with Gasteiger partial charge in [-0.25, -0.2) is 19.7 Å². The largest absolute Gasteiger partial charge is 0.340 e. The standard InChI is InChI=1S/C22H20ClN7O/c1-14-3-8-19(18(23)11-14)29-22(31)28-17-6-4-16(5-7-17)27-20-12-21(26-13-25-20)30-10-9-24-15(30)2/h3-13H,1-2H3,(H,25,26,27)(H2,28,29,31). The quantitative estimate of drug-likeness (QED) is 0.395. The van der Waals surface area contributed by atoms with E-state index in [1.165, 1.54) is 6.33 Å². The number of benzene rings is 2. The maximum absolute atomic E-state index is 12.3. The van der Waals surface area contributed by atoms with Crippen LogP contribution in [-0.2, 0) is 0 Å². The van der Waals surface area contributed by atoms with Crippen molar-refractivity contribution in [2.45, 2.75) is 13.8 Å². The van der Waals surface area contributed by atoms with Gasteiger partial charge in [-0.05, 0) is 55.8 Å². The maximum atomic E-state index is 12.3. The zero-order valence-corrected chi connectivity index (χ0v) is 17.7. The smallest absolute Gasteiger partial charge is 0.323 e. The van der Waals surface area contributed by atoms with Crippen LogP contribution in [0.25, 0.3) is 5.82 Å². The van der Waals surface area contributed by atoms with Crippen LogP contribution in [0.2, 0.25) is 5.02 Å². The lowest BCUT2D eigenvalue weighted by Crippen LogP contribution is -2.19. The maximum Gasteiger partial charge on any atom is 0.323 e. The summed E-state index contributed by atoms with van der Waals surface area (Å²) in [6.07, 6.45) is 5.06. The lowest BCUT2D eigenvalue weighted by Gasteiger charge is -2.11. The summed E-state index contributed by atoms with van der Waals surface area (Å²) in [4.78, 5) is 25.0. The van der Waals surface area contributed by atoms with Crippen molar-refractivity contribution in [1.82, 2.24) is 19.5 Å². The van der Waals surface area contributed by atoms with E-state index in [0.29, 0.717) is 22.2 Å². The van der Waals surface area contributed by atoms with Gasteiger partial charge < -0.3 is 16.0 Å². The number of amides is 2. The summed E-state index contributed by atoms with van der Waals surface area (Å²) in [7, 11) is 0. The van der Waals surface area contributed by atoms with Crippen LogP contribution in [0.15, 0.2) is 67.3 Å². The van der Waals surface area contributed by atoms with E-state index in [1.54, 1.807) is 30.5 Å². The van der Waals surface area contributed by atoms with Crippen LogP contribution in [-0.4, -0.2) is 25.6 Å². The minimum atomic E-state index is -0.373. The Kier molecular flexibility index (Phi) is 5.81. The molecule has 8 nitrogen and oxygen atoms in total. The summed E-state index contributed by atoms with van der Waals surface area (Å²) in [5, 5.41) is 9.25. The normalized spacial score (nSPS) is 10.5. The molecule has 156 valence electrons. The molecule has 0 bridgehead atoms. The van der Waals surface area contributed by atoms with Gasteiger partial charge in [-0.3, -0.25) is 4.57 Å². The molecule has 0 aliphatic rings. The number of imidazole rings is 1. The van der Waals surface area contributed by atoms with Crippen molar-refractivity contribution in [2.75, 3.05) is 16.0 Å².